The van der Waals surface area contributed by atoms with E-state index >= 15 is 0 Å². The van der Waals surface area contributed by atoms with Gasteiger partial charge in [-0.2, -0.15) is 0 Å². The van der Waals surface area contributed by atoms with Crippen molar-refractivity contribution >= 4 is 34.5 Å². The SMILES string of the molecule is CC[C@@H]1OC(=O)[C@H](C)C(=O)[C@H](C)[C@@H](OC2O[C@H](C)C[C@H](N(C)C)C2O)[C@@](C)(OCC#Cc2cnc3ccccc3c2)C[C@@H](C)/C(=N\OC)[C@@H](C)[C@H]2NC(=O)O[C@@H]21. The van der Waals surface area contributed by atoms with Crippen molar-refractivity contribution in [1.29, 1.82) is 0 Å². The molecule has 2 N–H and O–H groups in total. The van der Waals surface area contributed by atoms with E-state index in [0.29, 0.717) is 24.1 Å². The number of nitrogens with one attached hydrogen (secondary N) is 1. The molecule has 0 bridgehead atoms. The molecule has 3 aliphatic heterocycles. The first-order chi connectivity index (χ1) is 26.6. The van der Waals surface area contributed by atoms with E-state index < -0.39 is 83.9 Å². The molecule has 0 spiro atoms. The van der Waals surface area contributed by atoms with Crippen molar-refractivity contribution in [2.24, 2.45) is 28.8 Å². The molecule has 2 aromatic rings. The van der Waals surface area contributed by atoms with Gasteiger partial charge in [0.1, 0.15) is 31.8 Å². The van der Waals surface area contributed by atoms with Crippen LogP contribution in [0.5, 0.6) is 0 Å². The van der Waals surface area contributed by atoms with Crippen LogP contribution in [0.4, 0.5) is 4.79 Å². The maximum atomic E-state index is 14.5. The quantitative estimate of drug-likeness (QED) is 0.175. The summed E-state index contributed by atoms with van der Waals surface area (Å²) in [6.45, 7) is 12.5. The lowest BCUT2D eigenvalue weighted by Gasteiger charge is -2.47. The maximum absolute atomic E-state index is 14.5. The smallest absolute Gasteiger partial charge is 0.407 e. The Morgan fingerprint density at radius 1 is 1.09 bits per heavy atom. The molecule has 56 heavy (non-hydrogen) atoms. The van der Waals surface area contributed by atoms with Crippen LogP contribution in [0.1, 0.15) is 73.3 Å². The van der Waals surface area contributed by atoms with Gasteiger partial charge >= 0.3 is 12.1 Å². The fourth-order valence-corrected chi connectivity index (χ4v) is 8.41. The van der Waals surface area contributed by atoms with Crippen molar-refractivity contribution in [3.63, 3.8) is 0 Å². The number of carbonyl (C=O) groups is 3. The number of esters is 1. The van der Waals surface area contributed by atoms with Crippen molar-refractivity contribution in [2.45, 2.75) is 122 Å². The van der Waals surface area contributed by atoms with Gasteiger partial charge in [0.25, 0.3) is 0 Å². The van der Waals surface area contributed by atoms with Gasteiger partial charge in [0.05, 0.1) is 35.1 Å². The van der Waals surface area contributed by atoms with Crippen LogP contribution in [0, 0.1) is 35.5 Å². The number of carbonyl (C=O) groups excluding carboxylic acids is 3. The summed E-state index contributed by atoms with van der Waals surface area (Å²) >= 11 is 0. The Labute approximate surface area is 329 Å². The van der Waals surface area contributed by atoms with Gasteiger partial charge in [-0.3, -0.25) is 14.6 Å². The molecule has 3 fully saturated rings. The molecular formula is C42H58N4O10. The van der Waals surface area contributed by atoms with Gasteiger partial charge in [0.2, 0.25) is 0 Å². The Hall–Kier alpha value is -4.13. The number of aromatic nitrogens is 1. The summed E-state index contributed by atoms with van der Waals surface area (Å²) in [4.78, 5) is 52.8. The number of oxime groups is 1. The first kappa shape index (κ1) is 43.0. The molecule has 306 valence electrons. The van der Waals surface area contributed by atoms with Gasteiger partial charge < -0.3 is 43.8 Å². The summed E-state index contributed by atoms with van der Waals surface area (Å²) in [6.07, 6.45) is -3.07. The molecule has 1 aromatic carbocycles. The molecular weight excluding hydrogens is 720 g/mol. The second-order valence-corrected chi connectivity index (χ2v) is 15.9. The van der Waals surface area contributed by atoms with Gasteiger partial charge in [0.15, 0.2) is 18.2 Å². The molecule has 3 aliphatic rings. The number of ketones is 1. The summed E-state index contributed by atoms with van der Waals surface area (Å²) < 4.78 is 31.4. The number of cyclic esters (lactones) is 1. The number of Topliss-reactive ketones (excluding diaryl/α,β-unsaturated/α-hetero) is 1. The molecule has 0 aliphatic carbocycles. The molecule has 13 atom stereocenters. The average molecular weight is 779 g/mol. The number of nitrogens with zero attached hydrogens (tertiary/aromatic N) is 3. The van der Waals surface area contributed by atoms with Crippen molar-refractivity contribution in [3.05, 3.63) is 42.1 Å². The number of hydrogen-bond donors (Lipinski definition) is 2. The molecule has 5 rings (SSSR count). The number of rotatable bonds is 7. The summed E-state index contributed by atoms with van der Waals surface area (Å²) in [6, 6.07) is 8.79. The topological polar surface area (TPSA) is 167 Å². The largest absolute Gasteiger partial charge is 0.458 e. The number of aliphatic hydroxyl groups excluding tert-OH is 1. The number of para-hydroxylation sites is 1. The number of pyridine rings is 1. The second-order valence-electron chi connectivity index (χ2n) is 15.9. The van der Waals surface area contributed by atoms with Crippen LogP contribution in [-0.2, 0) is 38.1 Å². The Balaban J connectivity index is 1.59. The van der Waals surface area contributed by atoms with Crippen LogP contribution in [0.3, 0.4) is 0 Å². The minimum atomic E-state index is -1.31. The number of likely N-dealkylation sites (N-methyl/N-ethyl adjacent to an activating group) is 1. The van der Waals surface area contributed by atoms with Crippen molar-refractivity contribution in [2.75, 3.05) is 27.8 Å². The Morgan fingerprint density at radius 2 is 1.82 bits per heavy atom. The van der Waals surface area contributed by atoms with Gasteiger partial charge in [-0.05, 0) is 66.3 Å². The molecule has 1 aromatic heterocycles. The van der Waals surface area contributed by atoms with E-state index in [4.69, 9.17) is 28.5 Å². The highest BCUT2D eigenvalue weighted by atomic mass is 16.7. The number of alkyl carbamates (subject to hydrolysis) is 1. The molecule has 14 heteroatoms. The van der Waals surface area contributed by atoms with Crippen LogP contribution in [0.25, 0.3) is 10.9 Å². The zero-order chi connectivity index (χ0) is 40.9. The number of ether oxygens (including phenoxy) is 5. The van der Waals surface area contributed by atoms with Crippen molar-refractivity contribution in [1.82, 2.24) is 15.2 Å². The predicted octanol–water partition coefficient (Wildman–Crippen LogP) is 4.49. The molecule has 3 saturated heterocycles. The van der Waals surface area contributed by atoms with Crippen molar-refractivity contribution in [3.8, 4) is 11.8 Å². The van der Waals surface area contributed by atoms with Crippen LogP contribution < -0.4 is 5.32 Å². The van der Waals surface area contributed by atoms with Crippen LogP contribution >= 0.6 is 0 Å². The highest BCUT2D eigenvalue weighted by Gasteiger charge is 2.52. The molecule has 4 heterocycles. The van der Waals surface area contributed by atoms with Gasteiger partial charge in [-0.15, -0.1) is 0 Å². The van der Waals surface area contributed by atoms with E-state index in [0.717, 1.165) is 10.9 Å². The molecule has 2 unspecified atom stereocenters. The second kappa shape index (κ2) is 18.4. The van der Waals surface area contributed by atoms with E-state index in [1.807, 2.05) is 83.9 Å². The predicted molar refractivity (Wildman–Crippen MR) is 208 cm³/mol. The Bertz CT molecular complexity index is 1810. The third-order valence-electron chi connectivity index (χ3n) is 11.5. The zero-order valence-electron chi connectivity index (χ0n) is 34.2. The highest BCUT2D eigenvalue weighted by Crippen LogP contribution is 2.38. The monoisotopic (exact) mass is 778 g/mol. The molecule has 0 radical (unpaired) electrons. The van der Waals surface area contributed by atoms with E-state index in [9.17, 15) is 19.5 Å². The summed E-state index contributed by atoms with van der Waals surface area (Å²) in [5.74, 6) is 2.02. The van der Waals surface area contributed by atoms with Crippen LogP contribution in [0.2, 0.25) is 0 Å². The number of amides is 1. The normalized spacial score (nSPS) is 36.5. The lowest BCUT2D eigenvalue weighted by molar-refractivity contribution is -0.296. The molecule has 14 nitrogen and oxygen atoms in total. The molecule has 1 amide bonds. The summed E-state index contributed by atoms with van der Waals surface area (Å²) in [5, 5.41) is 19.9. The maximum Gasteiger partial charge on any atom is 0.407 e. The number of benzene rings is 1. The number of aliphatic hydroxyl groups is 1. The van der Waals surface area contributed by atoms with E-state index in [2.05, 4.69) is 27.3 Å². The van der Waals surface area contributed by atoms with E-state index in [-0.39, 0.29) is 25.2 Å². The van der Waals surface area contributed by atoms with Crippen LogP contribution in [-0.4, -0.2) is 121 Å². The minimum Gasteiger partial charge on any atom is -0.458 e. The van der Waals surface area contributed by atoms with Crippen molar-refractivity contribution < 1.29 is 48.0 Å². The number of fused-ring (bicyclic) bond motifs is 2. The minimum absolute atomic E-state index is 0.0711. The fourth-order valence-electron chi connectivity index (χ4n) is 8.41. The number of hydrogen-bond acceptors (Lipinski definition) is 13. The Kier molecular flexibility index (Phi) is 14.1. The van der Waals surface area contributed by atoms with Gasteiger partial charge in [-0.25, -0.2) is 4.79 Å². The molecule has 0 saturated carbocycles. The highest BCUT2D eigenvalue weighted by molar-refractivity contribution is 6.00. The summed E-state index contributed by atoms with van der Waals surface area (Å²) in [7, 11) is 5.21. The third kappa shape index (κ3) is 9.52. The fraction of sp³-hybridized carbons (Fsp3) is 0.643. The van der Waals surface area contributed by atoms with E-state index in [1.54, 1.807) is 13.1 Å². The average Bonchev–Trinajstić information content (AvgIpc) is 3.56. The lowest BCUT2D eigenvalue weighted by Crippen LogP contribution is -2.59. The summed E-state index contributed by atoms with van der Waals surface area (Å²) in [5.41, 5.74) is 0.821. The standard InChI is InChI=1S/C42H58N4O10/c1-11-32-37-34(44-41(50)55-37)25(4)33(45-51-10)23(2)21-42(7,52-18-14-15-28-20-29-16-12-13-17-30(29)43-22-28)38(26(5)35(47)27(6)39(49)54-32)56-40-36(48)31(46(8)9)19-24(3)53-40/h12-13,16-17,20,22-27,31-32,34,36-38,40,48H,11,18-19,21H2,1-10H3,(H,44,50)/b45-33+/t23-,24-,25-,26+,27-,31+,32+,34-,36?,37-,38-,40?,42+/m1/s1. The lowest BCUT2D eigenvalue weighted by atomic mass is 9.75. The van der Waals surface area contributed by atoms with Gasteiger partial charge in [0, 0.05) is 40.9 Å². The van der Waals surface area contributed by atoms with Gasteiger partial charge in [-0.1, -0.05) is 62.9 Å². The Morgan fingerprint density at radius 3 is 2.52 bits per heavy atom. The van der Waals surface area contributed by atoms with Crippen LogP contribution in [0.15, 0.2) is 41.7 Å². The first-order valence-corrected chi connectivity index (χ1v) is 19.5. The zero-order valence-corrected chi connectivity index (χ0v) is 34.2. The first-order valence-electron chi connectivity index (χ1n) is 19.5. The van der Waals surface area contributed by atoms with E-state index in [1.165, 1.54) is 14.0 Å². The third-order valence-corrected chi connectivity index (χ3v) is 11.5.